The summed E-state index contributed by atoms with van der Waals surface area (Å²) in [6, 6.07) is 9.92. The average Bonchev–Trinajstić information content (AvgIpc) is 2.66. The van der Waals surface area contributed by atoms with Crippen molar-refractivity contribution in [3.8, 4) is 11.1 Å². The van der Waals surface area contributed by atoms with Gasteiger partial charge in [0.05, 0.1) is 0 Å². The number of benzene rings is 2. The van der Waals surface area contributed by atoms with Crippen molar-refractivity contribution >= 4 is 11.5 Å². The van der Waals surface area contributed by atoms with Crippen LogP contribution in [0.4, 0.5) is 4.39 Å². The molecule has 2 aromatic carbocycles. The number of aliphatic hydroxyl groups excluding tert-OH is 1. The largest absolute Gasteiger partial charge is 0.511 e. The van der Waals surface area contributed by atoms with Gasteiger partial charge in [-0.05, 0) is 66.6 Å². The summed E-state index contributed by atoms with van der Waals surface area (Å²) in [5.74, 6) is -1.53. The topological polar surface area (TPSA) is 57.5 Å². The molecule has 0 atom stereocenters. The van der Waals surface area contributed by atoms with E-state index >= 15 is 0 Å². The van der Waals surface area contributed by atoms with Gasteiger partial charge in [-0.1, -0.05) is 43.5 Å². The van der Waals surface area contributed by atoms with Crippen LogP contribution in [0.15, 0.2) is 42.2 Å². The molecule has 3 rings (SSSR count). The van der Waals surface area contributed by atoms with Crippen molar-refractivity contribution in [1.29, 1.82) is 0 Å². The lowest BCUT2D eigenvalue weighted by atomic mass is 9.82. The first-order valence-corrected chi connectivity index (χ1v) is 9.43. The van der Waals surface area contributed by atoms with Gasteiger partial charge in [0.25, 0.3) is 0 Å². The molecular weight excluding hydrogens is 343 g/mol. The molecular formula is C23H25FO3. The van der Waals surface area contributed by atoms with Crippen molar-refractivity contribution in [1.82, 2.24) is 0 Å². The van der Waals surface area contributed by atoms with Gasteiger partial charge in [-0.15, -0.1) is 0 Å². The predicted octanol–water partition coefficient (Wildman–Crippen LogP) is 6.04. The van der Waals surface area contributed by atoms with Gasteiger partial charge >= 0.3 is 5.97 Å². The highest BCUT2D eigenvalue weighted by Gasteiger charge is 2.27. The Bertz CT molecular complexity index is 875. The lowest BCUT2D eigenvalue weighted by molar-refractivity contribution is -0.130. The first-order chi connectivity index (χ1) is 12.9. The number of hydrogen-bond donors (Lipinski definition) is 2. The van der Waals surface area contributed by atoms with E-state index in [-0.39, 0.29) is 23.1 Å². The summed E-state index contributed by atoms with van der Waals surface area (Å²) in [6.45, 7) is 3.71. The Morgan fingerprint density at radius 3 is 2.19 bits per heavy atom. The summed E-state index contributed by atoms with van der Waals surface area (Å²) in [6.07, 6.45) is 4.78. The third-order valence-corrected chi connectivity index (χ3v) is 5.54. The van der Waals surface area contributed by atoms with E-state index in [9.17, 15) is 19.4 Å². The first kappa shape index (κ1) is 19.2. The van der Waals surface area contributed by atoms with Gasteiger partial charge in [-0.25, -0.2) is 9.18 Å². The maximum atomic E-state index is 13.3. The van der Waals surface area contributed by atoms with Crippen molar-refractivity contribution in [2.24, 2.45) is 5.92 Å². The van der Waals surface area contributed by atoms with Crippen LogP contribution >= 0.6 is 0 Å². The molecule has 0 bridgehead atoms. The van der Waals surface area contributed by atoms with Gasteiger partial charge in [-0.2, -0.15) is 0 Å². The SMILES string of the molecule is Cc1ccc(-c2ccc(F)cc2)c(C)c1/C(C(=O)O)=C(\O)C1CCCCC1. The maximum Gasteiger partial charge on any atom is 0.339 e. The highest BCUT2D eigenvalue weighted by atomic mass is 19.1. The van der Waals surface area contributed by atoms with Gasteiger partial charge in [-0.3, -0.25) is 0 Å². The fraction of sp³-hybridized carbons (Fsp3) is 0.348. The molecule has 0 heterocycles. The molecule has 0 radical (unpaired) electrons. The van der Waals surface area contributed by atoms with E-state index in [2.05, 4.69) is 0 Å². The number of aryl methyl sites for hydroxylation is 1. The van der Waals surface area contributed by atoms with Crippen molar-refractivity contribution in [2.45, 2.75) is 46.0 Å². The highest BCUT2D eigenvalue weighted by Crippen LogP contribution is 2.37. The number of rotatable bonds is 4. The Kier molecular flexibility index (Phi) is 5.64. The molecule has 1 saturated carbocycles. The molecule has 0 spiro atoms. The van der Waals surface area contributed by atoms with Crippen LogP contribution in [0, 0.1) is 25.6 Å². The Morgan fingerprint density at radius 1 is 0.963 bits per heavy atom. The van der Waals surface area contributed by atoms with Crippen LogP contribution in [-0.4, -0.2) is 16.2 Å². The number of aliphatic carboxylic acids is 1. The molecule has 142 valence electrons. The van der Waals surface area contributed by atoms with Crippen molar-refractivity contribution in [3.63, 3.8) is 0 Å². The minimum Gasteiger partial charge on any atom is -0.511 e. The zero-order valence-electron chi connectivity index (χ0n) is 15.8. The molecule has 27 heavy (non-hydrogen) atoms. The minimum atomic E-state index is -1.11. The molecule has 4 heteroatoms. The van der Waals surface area contributed by atoms with Crippen molar-refractivity contribution in [2.75, 3.05) is 0 Å². The van der Waals surface area contributed by atoms with Gasteiger partial charge < -0.3 is 10.2 Å². The van der Waals surface area contributed by atoms with Crippen LogP contribution in [0.25, 0.3) is 16.7 Å². The molecule has 0 unspecified atom stereocenters. The van der Waals surface area contributed by atoms with E-state index in [1.54, 1.807) is 12.1 Å². The Labute approximate surface area is 159 Å². The molecule has 0 saturated heterocycles. The molecule has 1 aliphatic carbocycles. The lowest BCUT2D eigenvalue weighted by Crippen LogP contribution is -2.15. The van der Waals surface area contributed by atoms with Crippen molar-refractivity contribution < 1.29 is 19.4 Å². The fourth-order valence-electron chi connectivity index (χ4n) is 4.10. The molecule has 2 N–H and O–H groups in total. The zero-order valence-corrected chi connectivity index (χ0v) is 15.8. The van der Waals surface area contributed by atoms with Crippen LogP contribution in [-0.2, 0) is 4.79 Å². The van der Waals surface area contributed by atoms with Crippen LogP contribution in [0.5, 0.6) is 0 Å². The van der Waals surface area contributed by atoms with E-state index < -0.39 is 5.97 Å². The summed E-state index contributed by atoms with van der Waals surface area (Å²) < 4.78 is 13.3. The second-order valence-electron chi connectivity index (χ2n) is 7.34. The van der Waals surface area contributed by atoms with E-state index in [1.165, 1.54) is 12.1 Å². The third-order valence-electron chi connectivity index (χ3n) is 5.54. The predicted molar refractivity (Wildman–Crippen MR) is 105 cm³/mol. The lowest BCUT2D eigenvalue weighted by Gasteiger charge is -2.24. The van der Waals surface area contributed by atoms with Crippen LogP contribution in [0.1, 0.15) is 48.8 Å². The third kappa shape index (κ3) is 3.90. The molecule has 0 amide bonds. The molecule has 1 aliphatic rings. The van der Waals surface area contributed by atoms with E-state index in [0.29, 0.717) is 5.56 Å². The summed E-state index contributed by atoms with van der Waals surface area (Å²) in [7, 11) is 0. The Balaban J connectivity index is 2.16. The van der Waals surface area contributed by atoms with Crippen LogP contribution < -0.4 is 0 Å². The summed E-state index contributed by atoms with van der Waals surface area (Å²) in [4.78, 5) is 12.1. The van der Waals surface area contributed by atoms with Gasteiger partial charge in [0.1, 0.15) is 17.1 Å². The molecule has 3 nitrogen and oxygen atoms in total. The second-order valence-corrected chi connectivity index (χ2v) is 7.34. The first-order valence-electron chi connectivity index (χ1n) is 9.43. The highest BCUT2D eigenvalue weighted by molar-refractivity contribution is 6.17. The molecule has 0 aromatic heterocycles. The second kappa shape index (κ2) is 7.95. The van der Waals surface area contributed by atoms with Gasteiger partial charge in [0.15, 0.2) is 0 Å². The standard InChI is InChI=1S/C23H25FO3/c1-14-8-13-19(16-9-11-18(24)12-10-16)15(2)20(14)21(23(26)27)22(25)17-6-4-3-5-7-17/h8-13,17,25H,3-7H2,1-2H3,(H,26,27)/b22-21+. The summed E-state index contributed by atoms with van der Waals surface area (Å²) in [5, 5.41) is 20.8. The summed E-state index contributed by atoms with van der Waals surface area (Å²) >= 11 is 0. The van der Waals surface area contributed by atoms with Crippen LogP contribution in [0.2, 0.25) is 0 Å². The number of halogens is 1. The van der Waals surface area contributed by atoms with Gasteiger partial charge in [0, 0.05) is 5.92 Å². The molecule has 2 aromatic rings. The number of carboxylic acid groups (broad SMARTS) is 1. The van der Waals surface area contributed by atoms with E-state index in [4.69, 9.17) is 0 Å². The van der Waals surface area contributed by atoms with Gasteiger partial charge in [0.2, 0.25) is 0 Å². The number of carboxylic acids is 1. The van der Waals surface area contributed by atoms with E-state index in [0.717, 1.165) is 54.4 Å². The quantitative estimate of drug-likeness (QED) is 0.511. The zero-order chi connectivity index (χ0) is 19.6. The average molecular weight is 368 g/mol. The van der Waals surface area contributed by atoms with Crippen molar-refractivity contribution in [3.05, 3.63) is 64.7 Å². The number of allylic oxidation sites excluding steroid dienone is 1. The monoisotopic (exact) mass is 368 g/mol. The van der Waals surface area contributed by atoms with Crippen LogP contribution in [0.3, 0.4) is 0 Å². The van der Waals surface area contributed by atoms with E-state index in [1.807, 2.05) is 26.0 Å². The Hall–Kier alpha value is -2.62. The smallest absolute Gasteiger partial charge is 0.339 e. The number of aliphatic hydroxyl groups is 1. The maximum absolute atomic E-state index is 13.3. The normalized spacial score (nSPS) is 16.1. The summed E-state index contributed by atoms with van der Waals surface area (Å²) in [5.41, 5.74) is 3.80. The molecule has 0 aliphatic heterocycles. The number of hydrogen-bond acceptors (Lipinski definition) is 2. The fourth-order valence-corrected chi connectivity index (χ4v) is 4.10. The minimum absolute atomic E-state index is 0.000798. The number of carbonyl (C=O) groups is 1. The molecule has 1 fully saturated rings. The Morgan fingerprint density at radius 2 is 1.59 bits per heavy atom.